The van der Waals surface area contributed by atoms with Crippen molar-refractivity contribution in [3.8, 4) is 0 Å². The van der Waals surface area contributed by atoms with Gasteiger partial charge in [0.1, 0.15) is 0 Å². The lowest BCUT2D eigenvalue weighted by atomic mass is 9.99. The second kappa shape index (κ2) is 8.19. The summed E-state index contributed by atoms with van der Waals surface area (Å²) >= 11 is 0. The first-order valence-electron chi connectivity index (χ1n) is 9.40. The van der Waals surface area contributed by atoms with Crippen LogP contribution in [-0.2, 0) is 6.42 Å². The van der Waals surface area contributed by atoms with Crippen LogP contribution in [0, 0.1) is 6.92 Å². The van der Waals surface area contributed by atoms with Gasteiger partial charge in [-0.2, -0.15) is 0 Å². The van der Waals surface area contributed by atoms with Crippen molar-refractivity contribution < 1.29 is 4.79 Å². The molecule has 132 valence electrons. The molecule has 1 atom stereocenters. The predicted octanol–water partition coefficient (Wildman–Crippen LogP) is 5.71. The van der Waals surface area contributed by atoms with E-state index in [0.717, 1.165) is 31.5 Å². The van der Waals surface area contributed by atoms with Crippen LogP contribution in [0.25, 0.3) is 0 Å². The zero-order valence-electron chi connectivity index (χ0n) is 15.3. The Morgan fingerprint density at radius 3 is 2.64 bits per heavy atom. The largest absolute Gasteiger partial charge is 0.322 e. The van der Waals surface area contributed by atoms with Crippen LogP contribution in [0.4, 0.5) is 10.5 Å². The van der Waals surface area contributed by atoms with Gasteiger partial charge in [-0.3, -0.25) is 0 Å². The second-order valence-electron chi connectivity index (χ2n) is 6.95. The van der Waals surface area contributed by atoms with E-state index in [1.165, 1.54) is 29.5 Å². The van der Waals surface area contributed by atoms with Gasteiger partial charge in [0.05, 0.1) is 6.04 Å². The summed E-state index contributed by atoms with van der Waals surface area (Å²) in [6, 6.07) is 16.9. The highest BCUT2D eigenvalue weighted by Crippen LogP contribution is 2.31. The maximum Gasteiger partial charge on any atom is 0.322 e. The topological polar surface area (TPSA) is 32.3 Å². The van der Waals surface area contributed by atoms with Gasteiger partial charge in [0, 0.05) is 12.2 Å². The van der Waals surface area contributed by atoms with Crippen LogP contribution in [0.1, 0.15) is 55.3 Å². The van der Waals surface area contributed by atoms with Crippen LogP contribution < -0.4 is 5.32 Å². The van der Waals surface area contributed by atoms with Crippen molar-refractivity contribution in [1.82, 2.24) is 4.90 Å². The van der Waals surface area contributed by atoms with Crippen molar-refractivity contribution >= 4 is 11.7 Å². The number of likely N-dealkylation sites (tertiary alicyclic amines) is 1. The Bertz CT molecular complexity index is 708. The van der Waals surface area contributed by atoms with E-state index in [0.29, 0.717) is 0 Å². The lowest BCUT2D eigenvalue weighted by Crippen LogP contribution is -2.38. The van der Waals surface area contributed by atoms with Crippen molar-refractivity contribution in [1.29, 1.82) is 0 Å². The third kappa shape index (κ3) is 4.41. The molecule has 2 aromatic carbocycles. The third-order valence-electron chi connectivity index (χ3n) is 5.05. The summed E-state index contributed by atoms with van der Waals surface area (Å²) in [5.74, 6) is 0. The van der Waals surface area contributed by atoms with E-state index in [-0.39, 0.29) is 12.1 Å². The van der Waals surface area contributed by atoms with Gasteiger partial charge >= 0.3 is 6.03 Å². The van der Waals surface area contributed by atoms with Gasteiger partial charge in [-0.05, 0) is 49.4 Å². The molecule has 0 bridgehead atoms. The molecule has 2 aromatic rings. The van der Waals surface area contributed by atoms with E-state index >= 15 is 0 Å². The molecule has 1 saturated heterocycles. The summed E-state index contributed by atoms with van der Waals surface area (Å²) in [5, 5.41) is 3.09. The lowest BCUT2D eigenvalue weighted by Gasteiger charge is -2.31. The van der Waals surface area contributed by atoms with E-state index in [9.17, 15) is 4.79 Å². The zero-order chi connectivity index (χ0) is 17.6. The summed E-state index contributed by atoms with van der Waals surface area (Å²) in [4.78, 5) is 15.0. The van der Waals surface area contributed by atoms with Crippen molar-refractivity contribution in [3.63, 3.8) is 0 Å². The van der Waals surface area contributed by atoms with E-state index in [2.05, 4.69) is 55.6 Å². The molecular weight excluding hydrogens is 308 g/mol. The van der Waals surface area contributed by atoms with Crippen LogP contribution in [0.15, 0.2) is 48.5 Å². The fourth-order valence-electron chi connectivity index (χ4n) is 3.59. The number of carbonyl (C=O) groups excluding carboxylic acids is 1. The minimum absolute atomic E-state index is 0.0117. The monoisotopic (exact) mass is 336 g/mol. The van der Waals surface area contributed by atoms with Crippen molar-refractivity contribution in [2.75, 3.05) is 11.9 Å². The van der Waals surface area contributed by atoms with Gasteiger partial charge in [-0.1, -0.05) is 61.7 Å². The van der Waals surface area contributed by atoms with Crippen molar-refractivity contribution in [2.24, 2.45) is 0 Å². The van der Waals surface area contributed by atoms with E-state index in [4.69, 9.17) is 0 Å². The normalized spacial score (nSPS) is 17.8. The van der Waals surface area contributed by atoms with Crippen LogP contribution in [0.3, 0.4) is 0 Å². The molecule has 3 nitrogen and oxygen atoms in total. The highest BCUT2D eigenvalue weighted by atomic mass is 16.2. The van der Waals surface area contributed by atoms with Gasteiger partial charge in [-0.25, -0.2) is 4.79 Å². The third-order valence-corrected chi connectivity index (χ3v) is 5.05. The number of nitrogens with zero attached hydrogens (tertiary/aromatic N) is 1. The Morgan fingerprint density at radius 1 is 1.12 bits per heavy atom. The van der Waals surface area contributed by atoms with Gasteiger partial charge in [0.15, 0.2) is 0 Å². The maximum absolute atomic E-state index is 13.0. The fraction of sp³-hybridized carbons (Fsp3) is 0.409. The molecule has 0 unspecified atom stereocenters. The standard InChI is InChI=1S/C22H28N2O/c1-3-18-11-13-20(14-12-18)23-22(25)24-15-6-4-5-10-21(24)19-9-7-8-17(2)16-19/h7-9,11-14,16,21H,3-6,10,15H2,1-2H3,(H,23,25)/t21-/m0/s1. The molecule has 0 aromatic heterocycles. The first kappa shape index (κ1) is 17.5. The number of hydrogen-bond acceptors (Lipinski definition) is 1. The number of rotatable bonds is 3. The molecule has 0 aliphatic carbocycles. The molecule has 0 spiro atoms. The first-order chi connectivity index (χ1) is 12.2. The molecule has 3 rings (SSSR count). The summed E-state index contributed by atoms with van der Waals surface area (Å²) < 4.78 is 0. The molecule has 0 saturated carbocycles. The van der Waals surface area contributed by atoms with Gasteiger partial charge in [-0.15, -0.1) is 0 Å². The van der Waals surface area contributed by atoms with E-state index in [1.54, 1.807) is 0 Å². The highest BCUT2D eigenvalue weighted by molar-refractivity contribution is 5.89. The SMILES string of the molecule is CCc1ccc(NC(=O)N2CCCCC[C@H]2c2cccc(C)c2)cc1. The van der Waals surface area contributed by atoms with Gasteiger partial charge in [0.2, 0.25) is 0 Å². The summed E-state index contributed by atoms with van der Waals surface area (Å²) in [5.41, 5.74) is 4.65. The number of urea groups is 1. The fourth-order valence-corrected chi connectivity index (χ4v) is 3.59. The van der Waals surface area contributed by atoms with Crippen molar-refractivity contribution in [2.45, 2.75) is 52.0 Å². The number of anilines is 1. The minimum Gasteiger partial charge on any atom is -0.317 e. The van der Waals surface area contributed by atoms with Crippen LogP contribution >= 0.6 is 0 Å². The van der Waals surface area contributed by atoms with Gasteiger partial charge < -0.3 is 10.2 Å². The molecule has 1 heterocycles. The summed E-state index contributed by atoms with van der Waals surface area (Å²) in [6.45, 7) is 5.06. The summed E-state index contributed by atoms with van der Waals surface area (Å²) in [7, 11) is 0. The van der Waals surface area contributed by atoms with Crippen LogP contribution in [0.2, 0.25) is 0 Å². The van der Waals surface area contributed by atoms with Gasteiger partial charge in [0.25, 0.3) is 0 Å². The number of amides is 2. The van der Waals surface area contributed by atoms with Crippen LogP contribution in [-0.4, -0.2) is 17.5 Å². The maximum atomic E-state index is 13.0. The average Bonchev–Trinajstić information content (AvgIpc) is 2.88. The Labute approximate surface area is 151 Å². The Balaban J connectivity index is 1.79. The molecule has 1 fully saturated rings. The Kier molecular flexibility index (Phi) is 5.75. The number of hydrogen-bond donors (Lipinski definition) is 1. The molecule has 25 heavy (non-hydrogen) atoms. The number of carbonyl (C=O) groups is 1. The molecule has 3 heteroatoms. The van der Waals surface area contributed by atoms with Crippen LogP contribution in [0.5, 0.6) is 0 Å². The second-order valence-corrected chi connectivity index (χ2v) is 6.95. The van der Waals surface area contributed by atoms with E-state index < -0.39 is 0 Å². The number of aryl methyl sites for hydroxylation is 2. The minimum atomic E-state index is 0.0117. The average molecular weight is 336 g/mol. The number of benzene rings is 2. The Hall–Kier alpha value is -2.29. The smallest absolute Gasteiger partial charge is 0.317 e. The molecule has 0 radical (unpaired) electrons. The highest BCUT2D eigenvalue weighted by Gasteiger charge is 2.26. The molecule has 1 N–H and O–H groups in total. The lowest BCUT2D eigenvalue weighted by molar-refractivity contribution is 0.189. The molecule has 1 aliphatic rings. The quantitative estimate of drug-likeness (QED) is 0.765. The first-order valence-corrected chi connectivity index (χ1v) is 9.40. The van der Waals surface area contributed by atoms with Crippen molar-refractivity contribution in [3.05, 3.63) is 65.2 Å². The molecular formula is C22H28N2O. The van der Waals surface area contributed by atoms with E-state index in [1.807, 2.05) is 17.0 Å². The predicted molar refractivity (Wildman–Crippen MR) is 104 cm³/mol. The summed E-state index contributed by atoms with van der Waals surface area (Å²) in [6.07, 6.45) is 5.48. The Morgan fingerprint density at radius 2 is 1.92 bits per heavy atom. The zero-order valence-corrected chi connectivity index (χ0v) is 15.3. The molecule has 2 amide bonds. The molecule has 1 aliphatic heterocycles. The number of nitrogens with one attached hydrogen (secondary N) is 1.